The van der Waals surface area contributed by atoms with Crippen molar-refractivity contribution in [1.82, 2.24) is 10.3 Å². The molecule has 0 aliphatic rings. The van der Waals surface area contributed by atoms with Crippen molar-refractivity contribution in [1.29, 1.82) is 0 Å². The molecular formula is C17H20Cl2N2. The zero-order valence-corrected chi connectivity index (χ0v) is 13.9. The summed E-state index contributed by atoms with van der Waals surface area (Å²) in [6.45, 7) is 5.22. The maximum atomic E-state index is 6.32. The van der Waals surface area contributed by atoms with Crippen molar-refractivity contribution < 1.29 is 0 Å². The highest BCUT2D eigenvalue weighted by atomic mass is 35.5. The van der Waals surface area contributed by atoms with Crippen molar-refractivity contribution in [2.24, 2.45) is 0 Å². The van der Waals surface area contributed by atoms with Gasteiger partial charge in [-0.1, -0.05) is 42.3 Å². The Kier molecular flexibility index (Phi) is 6.04. The van der Waals surface area contributed by atoms with Crippen LogP contribution in [0, 0.1) is 6.92 Å². The van der Waals surface area contributed by atoms with Gasteiger partial charge in [-0.15, -0.1) is 0 Å². The number of benzene rings is 1. The van der Waals surface area contributed by atoms with Crippen molar-refractivity contribution >= 4 is 23.2 Å². The smallest absolute Gasteiger partial charge is 0.0624 e. The standard InChI is InChI=1S/C17H20Cl2N2/c1-3-8-21-16(14-11-20-9-7-12(14)2)10-13-5-4-6-15(18)17(13)19/h4-7,9,11,16,21H,3,8,10H2,1-2H3. The van der Waals surface area contributed by atoms with Crippen LogP contribution < -0.4 is 5.32 Å². The minimum atomic E-state index is 0.189. The second kappa shape index (κ2) is 7.79. The van der Waals surface area contributed by atoms with Crippen molar-refractivity contribution in [3.05, 3.63) is 63.4 Å². The number of nitrogens with one attached hydrogen (secondary N) is 1. The van der Waals surface area contributed by atoms with Crippen LogP contribution in [0.1, 0.15) is 36.1 Å². The van der Waals surface area contributed by atoms with E-state index in [4.69, 9.17) is 23.2 Å². The maximum absolute atomic E-state index is 6.32. The molecule has 1 N–H and O–H groups in total. The van der Waals surface area contributed by atoms with E-state index in [1.807, 2.05) is 36.7 Å². The predicted molar refractivity (Wildman–Crippen MR) is 90.2 cm³/mol. The number of aryl methyl sites for hydroxylation is 1. The van der Waals surface area contributed by atoms with Crippen molar-refractivity contribution in [2.75, 3.05) is 6.54 Å². The molecule has 1 aromatic heterocycles. The molecule has 0 fully saturated rings. The molecule has 1 atom stereocenters. The van der Waals surface area contributed by atoms with E-state index >= 15 is 0 Å². The number of aromatic nitrogens is 1. The van der Waals surface area contributed by atoms with Gasteiger partial charge in [-0.3, -0.25) is 4.98 Å². The van der Waals surface area contributed by atoms with E-state index in [0.717, 1.165) is 24.9 Å². The Morgan fingerprint density at radius 2 is 2.05 bits per heavy atom. The number of hydrogen-bond donors (Lipinski definition) is 1. The summed E-state index contributed by atoms with van der Waals surface area (Å²) in [4.78, 5) is 4.26. The molecule has 0 aliphatic carbocycles. The Bertz CT molecular complexity index is 599. The lowest BCUT2D eigenvalue weighted by molar-refractivity contribution is 0.526. The first kappa shape index (κ1) is 16.3. The van der Waals surface area contributed by atoms with Crippen LogP contribution in [0.2, 0.25) is 10.0 Å². The normalized spacial score (nSPS) is 12.4. The van der Waals surface area contributed by atoms with Gasteiger partial charge in [-0.05, 0) is 55.1 Å². The molecule has 0 radical (unpaired) electrons. The summed E-state index contributed by atoms with van der Waals surface area (Å²) in [5.74, 6) is 0. The first-order chi connectivity index (χ1) is 10.1. The second-order valence-corrected chi connectivity index (χ2v) is 5.94. The minimum absolute atomic E-state index is 0.189. The first-order valence-corrected chi connectivity index (χ1v) is 7.95. The molecule has 1 aromatic carbocycles. The lowest BCUT2D eigenvalue weighted by atomic mass is 9.97. The molecule has 0 amide bonds. The molecule has 21 heavy (non-hydrogen) atoms. The number of halogens is 2. The maximum Gasteiger partial charge on any atom is 0.0624 e. The summed E-state index contributed by atoms with van der Waals surface area (Å²) in [5.41, 5.74) is 3.50. The Hall–Kier alpha value is -1.09. The topological polar surface area (TPSA) is 24.9 Å². The van der Waals surface area contributed by atoms with E-state index in [-0.39, 0.29) is 6.04 Å². The third-order valence-electron chi connectivity index (χ3n) is 3.55. The van der Waals surface area contributed by atoms with Crippen LogP contribution in [0.15, 0.2) is 36.7 Å². The SMILES string of the molecule is CCCNC(Cc1cccc(Cl)c1Cl)c1cnccc1C. The molecule has 112 valence electrons. The lowest BCUT2D eigenvalue weighted by Crippen LogP contribution is -2.25. The largest absolute Gasteiger partial charge is 0.310 e. The van der Waals surface area contributed by atoms with Crippen molar-refractivity contribution in [2.45, 2.75) is 32.7 Å². The van der Waals surface area contributed by atoms with Crippen LogP contribution in [0.5, 0.6) is 0 Å². The fourth-order valence-electron chi connectivity index (χ4n) is 2.38. The zero-order valence-electron chi connectivity index (χ0n) is 12.4. The lowest BCUT2D eigenvalue weighted by Gasteiger charge is -2.21. The van der Waals surface area contributed by atoms with Gasteiger partial charge in [-0.2, -0.15) is 0 Å². The molecule has 0 saturated heterocycles. The van der Waals surface area contributed by atoms with Gasteiger partial charge in [0.05, 0.1) is 10.0 Å². The fraction of sp³-hybridized carbons (Fsp3) is 0.353. The van der Waals surface area contributed by atoms with Crippen LogP contribution in [0.25, 0.3) is 0 Å². The summed E-state index contributed by atoms with van der Waals surface area (Å²) >= 11 is 12.4. The van der Waals surface area contributed by atoms with Crippen LogP contribution in [0.4, 0.5) is 0 Å². The van der Waals surface area contributed by atoms with Gasteiger partial charge in [0.2, 0.25) is 0 Å². The van der Waals surface area contributed by atoms with E-state index in [9.17, 15) is 0 Å². The van der Waals surface area contributed by atoms with E-state index < -0.39 is 0 Å². The van der Waals surface area contributed by atoms with Gasteiger partial charge in [0, 0.05) is 18.4 Å². The van der Waals surface area contributed by atoms with Gasteiger partial charge in [0.25, 0.3) is 0 Å². The summed E-state index contributed by atoms with van der Waals surface area (Å²) in [5, 5.41) is 4.83. The summed E-state index contributed by atoms with van der Waals surface area (Å²) in [7, 11) is 0. The molecule has 1 heterocycles. The van der Waals surface area contributed by atoms with E-state index in [1.165, 1.54) is 11.1 Å². The van der Waals surface area contributed by atoms with E-state index in [1.54, 1.807) is 0 Å². The van der Waals surface area contributed by atoms with Gasteiger partial charge >= 0.3 is 0 Å². The van der Waals surface area contributed by atoms with Gasteiger partial charge in [-0.25, -0.2) is 0 Å². The fourth-order valence-corrected chi connectivity index (χ4v) is 2.77. The molecule has 0 saturated carbocycles. The van der Waals surface area contributed by atoms with E-state index in [2.05, 4.69) is 24.1 Å². The molecule has 2 nitrogen and oxygen atoms in total. The summed E-state index contributed by atoms with van der Waals surface area (Å²) < 4.78 is 0. The number of rotatable bonds is 6. The Morgan fingerprint density at radius 1 is 1.24 bits per heavy atom. The molecular weight excluding hydrogens is 303 g/mol. The summed E-state index contributed by atoms with van der Waals surface area (Å²) in [6, 6.07) is 8.01. The van der Waals surface area contributed by atoms with Gasteiger partial charge < -0.3 is 5.32 Å². The number of nitrogens with zero attached hydrogens (tertiary/aromatic N) is 1. The zero-order chi connectivity index (χ0) is 15.2. The average molecular weight is 323 g/mol. The summed E-state index contributed by atoms with van der Waals surface area (Å²) in [6.07, 6.45) is 5.63. The third-order valence-corrected chi connectivity index (χ3v) is 4.41. The highest BCUT2D eigenvalue weighted by Crippen LogP contribution is 2.29. The van der Waals surface area contributed by atoms with Crippen LogP contribution in [0.3, 0.4) is 0 Å². The number of pyridine rings is 1. The second-order valence-electron chi connectivity index (χ2n) is 5.16. The highest BCUT2D eigenvalue weighted by Gasteiger charge is 2.16. The van der Waals surface area contributed by atoms with Crippen LogP contribution in [-0.2, 0) is 6.42 Å². The number of hydrogen-bond acceptors (Lipinski definition) is 2. The predicted octanol–water partition coefficient (Wildman–Crippen LogP) is 4.98. The molecule has 2 aromatic rings. The molecule has 2 rings (SSSR count). The molecule has 0 aliphatic heterocycles. The molecule has 0 bridgehead atoms. The quantitative estimate of drug-likeness (QED) is 0.811. The van der Waals surface area contributed by atoms with Gasteiger partial charge in [0.1, 0.15) is 0 Å². The third kappa shape index (κ3) is 4.19. The average Bonchev–Trinajstić information content (AvgIpc) is 2.48. The first-order valence-electron chi connectivity index (χ1n) is 7.20. The van der Waals surface area contributed by atoms with Crippen LogP contribution in [-0.4, -0.2) is 11.5 Å². The Balaban J connectivity index is 2.28. The van der Waals surface area contributed by atoms with Gasteiger partial charge in [0.15, 0.2) is 0 Å². The monoisotopic (exact) mass is 322 g/mol. The minimum Gasteiger partial charge on any atom is -0.310 e. The van der Waals surface area contributed by atoms with Crippen molar-refractivity contribution in [3.8, 4) is 0 Å². The van der Waals surface area contributed by atoms with Crippen LogP contribution >= 0.6 is 23.2 Å². The molecule has 1 unspecified atom stereocenters. The Morgan fingerprint density at radius 3 is 2.76 bits per heavy atom. The molecule has 4 heteroatoms. The Labute approximate surface area is 136 Å². The van der Waals surface area contributed by atoms with E-state index in [0.29, 0.717) is 10.0 Å². The molecule has 0 spiro atoms. The highest BCUT2D eigenvalue weighted by molar-refractivity contribution is 6.42. The van der Waals surface area contributed by atoms with Crippen molar-refractivity contribution in [3.63, 3.8) is 0 Å².